The van der Waals surface area contributed by atoms with Gasteiger partial charge >= 0.3 is 144 Å². The molecule has 60 heteroatoms. The number of carbonyl (C=O) groups excluding carboxylic acids is 12. The molecule has 13 fully saturated rings. The number of hydrogen-bond acceptors (Lipinski definition) is 24. The first-order valence-corrected chi connectivity index (χ1v) is 45.0. The number of rotatable bonds is 48. The third-order valence-electron chi connectivity index (χ3n) is 26.5. The highest BCUT2D eigenvalue weighted by Crippen LogP contribution is 2.48. The van der Waals surface area contributed by atoms with Gasteiger partial charge in [0.1, 0.15) is 40.0 Å². The molecule has 12 atom stereocenters. The summed E-state index contributed by atoms with van der Waals surface area (Å²) < 4.78 is 0. The van der Waals surface area contributed by atoms with E-state index < -0.39 is 491 Å². The van der Waals surface area contributed by atoms with Gasteiger partial charge in [-0.25, -0.2) is 57.5 Å². The zero-order valence-corrected chi connectivity index (χ0v) is 74.5. The summed E-state index contributed by atoms with van der Waals surface area (Å²) in [6.07, 6.45) is -36.8. The summed E-state index contributed by atoms with van der Waals surface area (Å²) in [6, 6.07) is -14.5. The number of nitrogens with zero attached hydrogens (tertiary/aromatic N) is 24. The normalized spacial score (nSPS) is 25.0. The van der Waals surface area contributed by atoms with Crippen molar-refractivity contribution in [2.75, 3.05) is 119 Å². The molecule has 0 radical (unpaired) electrons. The second-order valence-electron chi connectivity index (χ2n) is 35.1. The Balaban J connectivity index is 1.09. The first-order valence-electron chi connectivity index (χ1n) is 45.0. The summed E-state index contributed by atoms with van der Waals surface area (Å²) in [4.78, 5) is 368. The molecule has 13 rings (SSSR count). The smallest absolute Gasteiger partial charge is 0.326 e. The molecule has 0 spiro atoms. The molecule has 13 heterocycles. The molecule has 756 valence electrons. The molecule has 12 unspecified atom stereocenters. The van der Waals surface area contributed by atoms with Crippen molar-refractivity contribution in [2.24, 2.45) is 0 Å². The van der Waals surface area contributed by atoms with E-state index in [0.717, 1.165) is 118 Å². The molecule has 0 aromatic heterocycles. The van der Waals surface area contributed by atoms with Gasteiger partial charge in [-0.05, 0) is 77.0 Å². The van der Waals surface area contributed by atoms with Crippen LogP contribution in [0.15, 0.2) is 0 Å². The molecular formula is C78H108N24O36. The van der Waals surface area contributed by atoms with E-state index in [1.807, 2.05) is 0 Å². The number of urea groups is 12. The third-order valence-corrected chi connectivity index (χ3v) is 26.5. The summed E-state index contributed by atoms with van der Waals surface area (Å²) >= 11 is 0. The van der Waals surface area contributed by atoms with Gasteiger partial charge in [0.15, 0.2) is 74.0 Å². The molecule has 0 aromatic carbocycles. The fourth-order valence-corrected chi connectivity index (χ4v) is 20.8. The first-order chi connectivity index (χ1) is 65.5. The van der Waals surface area contributed by atoms with E-state index in [0.29, 0.717) is 0 Å². The fraction of sp³-hybridized carbons (Fsp3) is 0.692. The van der Waals surface area contributed by atoms with Gasteiger partial charge in [-0.1, -0.05) is 0 Å². The lowest BCUT2D eigenvalue weighted by Crippen LogP contribution is -2.57. The maximum Gasteiger partial charge on any atom is 0.326 e. The summed E-state index contributed by atoms with van der Waals surface area (Å²) in [7, 11) is 0. The van der Waals surface area contributed by atoms with Gasteiger partial charge in [0, 0.05) is 156 Å². The highest BCUT2D eigenvalue weighted by Gasteiger charge is 2.71. The van der Waals surface area contributed by atoms with Crippen LogP contribution in [-0.2, 0) is 57.5 Å². The van der Waals surface area contributed by atoms with Crippen LogP contribution in [0.4, 0.5) is 57.5 Å². The van der Waals surface area contributed by atoms with Crippen LogP contribution in [0, 0.1) is 0 Å². The van der Waals surface area contributed by atoms with E-state index in [-0.39, 0.29) is 0 Å². The maximum absolute atomic E-state index is 17.0. The van der Waals surface area contributed by atoms with Crippen LogP contribution in [0.3, 0.4) is 0 Å². The number of aliphatic carboxylic acids is 12. The van der Waals surface area contributed by atoms with Crippen LogP contribution in [0.1, 0.15) is 154 Å². The number of hydrogen-bond donors (Lipinski definition) is 12. The SMILES string of the molecule is O=C(O)CCCN1C(=O)N(CCCC(=O)O)C2C1N1CN3C(=O)N(CN4C(=O)N(CN5C(=O)N(CN6C(=O)N(CN7C(=O)N(CN2C1=O)C1C7N(CCCC(=O)O)C(=O)N1CCCC(=O)O)C1C6N(CCCC(=O)O)C(=O)N1CCCC(=O)O)C1C5N(CCCC(=O)O)C(=O)N1CCCC(=O)O)C1C4N(CCCC(=O)O)C(=O)N1CCCC(=O)O)C1C3N(CCCC(=O)O)C(=O)N1CCCC(=O)O. The fourth-order valence-electron chi connectivity index (χ4n) is 20.8. The minimum atomic E-state index is -1.92. The number of amides is 24. The Bertz CT molecular complexity index is 3900. The van der Waals surface area contributed by atoms with Gasteiger partial charge in [-0.2, -0.15) is 0 Å². The Morgan fingerprint density at radius 1 is 0.145 bits per heavy atom. The monoisotopic (exact) mass is 1960 g/mol. The standard InChI is InChI=1S/C78H108N24O36/c103-43(104)13-1-25-79-55-56(80(67(79)127)26-2-14-44(105)106)92-38-94-59-60(84(30-6-18-48(113)114)69(129)83(59)29-5-17-47(111)112)96(75(94)135)40-98-63-64(88(34-10-22-52(121)122)71(131)87(63)33-9-21-51(119)120)100(77(98)137)42-102-66-65(89(35-11-23-53(123)124)72(132)90(66)36-12-24-54(125)126)101(78(102)138)41-99-62-61(85(31-7-19-49(115)116)70(130)86(62)32-8-20-50(117)118)97(76(99)136)39-95-58-57(93(74(95)134)37-91(55)73(92)133)81(27-3-15-45(107)108)68(128)82(58)28-4-16-46(109)110/h55-66H,1-42H2,(H,103,104)(H,105,106)(H,107,108)(H,109,110)(H,111,112)(H,113,114)(H,115,116)(H,117,118)(H,119,120)(H,121,122)(H,123,124)(H,125,126). The number of carboxylic acids is 12. The van der Waals surface area contributed by atoms with E-state index >= 15 is 57.5 Å². The average Bonchev–Trinajstić information content (AvgIpc) is 1.54. The average molecular weight is 1960 g/mol. The Kier molecular flexibility index (Phi) is 30.3. The van der Waals surface area contributed by atoms with Gasteiger partial charge in [0.25, 0.3) is 0 Å². The van der Waals surface area contributed by atoms with Crippen LogP contribution >= 0.6 is 0 Å². The van der Waals surface area contributed by atoms with Gasteiger partial charge in [-0.15, -0.1) is 0 Å². The van der Waals surface area contributed by atoms with Crippen molar-refractivity contribution in [3.8, 4) is 0 Å². The van der Waals surface area contributed by atoms with Crippen LogP contribution in [0.5, 0.6) is 0 Å². The Morgan fingerprint density at radius 3 is 0.283 bits per heavy atom. The third kappa shape index (κ3) is 19.7. The molecule has 12 N–H and O–H groups in total. The molecule has 13 aliphatic heterocycles. The molecule has 0 aromatic rings. The largest absolute Gasteiger partial charge is 0.481 e. The Hall–Kier alpha value is -15.1. The van der Waals surface area contributed by atoms with E-state index in [1.165, 1.54) is 0 Å². The molecule has 12 bridgehead atoms. The minimum absolute atomic E-state index is 0.448. The quantitative estimate of drug-likeness (QED) is 0.0344. The van der Waals surface area contributed by atoms with Crippen molar-refractivity contribution < 1.29 is 176 Å². The second kappa shape index (κ2) is 41.6. The van der Waals surface area contributed by atoms with Crippen molar-refractivity contribution in [3.63, 3.8) is 0 Å². The number of carboxylic acid groups (broad SMARTS) is 12. The summed E-state index contributed by atoms with van der Waals surface area (Å²) in [6.45, 7) is -14.9. The zero-order chi connectivity index (χ0) is 100. The maximum atomic E-state index is 17.0. The molecule has 0 saturated carbocycles. The first kappa shape index (κ1) is 100. The number of fused-ring (bicyclic) bond motifs is 30. The summed E-state index contributed by atoms with van der Waals surface area (Å²) in [5, 5.41) is 122. The van der Waals surface area contributed by atoms with Gasteiger partial charge in [0.2, 0.25) is 0 Å². The van der Waals surface area contributed by atoms with E-state index in [1.54, 1.807) is 0 Å². The predicted molar refractivity (Wildman–Crippen MR) is 444 cm³/mol. The van der Waals surface area contributed by atoms with Crippen LogP contribution < -0.4 is 0 Å². The lowest BCUT2D eigenvalue weighted by Gasteiger charge is -2.37. The molecule has 13 saturated heterocycles. The highest BCUT2D eigenvalue weighted by molar-refractivity contribution is 5.93. The molecule has 13 aliphatic rings. The van der Waals surface area contributed by atoms with Gasteiger partial charge in [-0.3, -0.25) is 175 Å². The van der Waals surface area contributed by atoms with Crippen molar-refractivity contribution in [1.29, 1.82) is 0 Å². The van der Waals surface area contributed by atoms with Gasteiger partial charge < -0.3 is 61.3 Å². The topological polar surface area (TPSA) is 730 Å². The van der Waals surface area contributed by atoms with Crippen molar-refractivity contribution in [3.05, 3.63) is 0 Å². The lowest BCUT2D eigenvalue weighted by atomic mass is 10.2. The molecular weight excluding hydrogens is 1850 g/mol. The zero-order valence-electron chi connectivity index (χ0n) is 74.5. The van der Waals surface area contributed by atoms with E-state index in [2.05, 4.69) is 0 Å². The lowest BCUT2D eigenvalue weighted by molar-refractivity contribution is -0.138. The van der Waals surface area contributed by atoms with Crippen molar-refractivity contribution in [1.82, 2.24) is 118 Å². The number of carbonyl (C=O) groups is 24. The molecule has 60 nitrogen and oxygen atoms in total. The summed E-state index contributed by atoms with van der Waals surface area (Å²) in [5.41, 5.74) is 0. The van der Waals surface area contributed by atoms with Gasteiger partial charge in [0.05, 0.1) is 0 Å². The molecule has 0 aliphatic carbocycles. The van der Waals surface area contributed by atoms with Crippen molar-refractivity contribution >= 4 is 144 Å². The summed E-state index contributed by atoms with van der Waals surface area (Å²) in [5.74, 6) is -17.1. The van der Waals surface area contributed by atoms with E-state index in [9.17, 15) is 119 Å². The van der Waals surface area contributed by atoms with Crippen LogP contribution in [-0.4, -0.2) is 515 Å². The Morgan fingerprint density at radius 2 is 0.217 bits per heavy atom. The second-order valence-corrected chi connectivity index (χ2v) is 35.1. The Labute approximate surface area is 781 Å². The minimum Gasteiger partial charge on any atom is -0.481 e. The highest BCUT2D eigenvalue weighted by atomic mass is 16.4. The van der Waals surface area contributed by atoms with Crippen LogP contribution in [0.25, 0.3) is 0 Å². The van der Waals surface area contributed by atoms with E-state index in [4.69, 9.17) is 0 Å². The molecule has 138 heavy (non-hydrogen) atoms. The predicted octanol–water partition coefficient (Wildman–Crippen LogP) is -1.11. The van der Waals surface area contributed by atoms with Crippen LogP contribution in [0.2, 0.25) is 0 Å². The van der Waals surface area contributed by atoms with Crippen molar-refractivity contribution in [2.45, 2.75) is 228 Å². The molecule has 24 amide bonds.